The first kappa shape index (κ1) is 64.4. The fraction of sp³-hybridized carbons (Fsp3) is 0.950. The Morgan fingerprint density at radius 1 is 0.288 bits per heavy atom. The molecule has 6 nitrogen and oxygen atoms in total. The third-order valence-corrected chi connectivity index (χ3v) is 13.7. The molecule has 0 spiro atoms. The Labute approximate surface area is 412 Å². The Morgan fingerprint density at radius 2 is 0.500 bits per heavy atom. The zero-order chi connectivity index (χ0) is 48.2. The van der Waals surface area contributed by atoms with E-state index in [1.165, 1.54) is 225 Å². The quantitative estimate of drug-likeness (QED) is 0.0343. The van der Waals surface area contributed by atoms with E-state index in [1.807, 2.05) is 0 Å². The first-order chi connectivity index (χ1) is 32.2. The lowest BCUT2D eigenvalue weighted by molar-refractivity contribution is -0.167. The van der Waals surface area contributed by atoms with Crippen molar-refractivity contribution in [2.24, 2.45) is 11.8 Å². The Kier molecular flexibility index (Phi) is 51.5. The Bertz CT molecular complexity index is 1010. The molecule has 0 aliphatic carbocycles. The molecule has 0 aromatic heterocycles. The van der Waals surface area contributed by atoms with Crippen LogP contribution in [0.1, 0.15) is 336 Å². The Balaban J connectivity index is 4.29. The van der Waals surface area contributed by atoms with Crippen molar-refractivity contribution in [2.75, 3.05) is 13.2 Å². The average molecular weight is 934 g/mol. The van der Waals surface area contributed by atoms with Crippen LogP contribution in [0.5, 0.6) is 0 Å². The molecule has 0 heterocycles. The van der Waals surface area contributed by atoms with Gasteiger partial charge in [0.1, 0.15) is 13.2 Å². The lowest BCUT2D eigenvalue weighted by Crippen LogP contribution is -2.30. The second-order valence-corrected chi connectivity index (χ2v) is 21.6. The van der Waals surface area contributed by atoms with Crippen molar-refractivity contribution >= 4 is 17.9 Å². The van der Waals surface area contributed by atoms with Gasteiger partial charge < -0.3 is 14.2 Å². The zero-order valence-electron chi connectivity index (χ0n) is 45.3. The molecule has 0 aromatic rings. The van der Waals surface area contributed by atoms with Crippen LogP contribution in [0.3, 0.4) is 0 Å². The highest BCUT2D eigenvalue weighted by Gasteiger charge is 2.19. The highest BCUT2D eigenvalue weighted by atomic mass is 16.6. The van der Waals surface area contributed by atoms with Crippen molar-refractivity contribution in [3.05, 3.63) is 0 Å². The van der Waals surface area contributed by atoms with Gasteiger partial charge in [0.2, 0.25) is 0 Å². The zero-order valence-corrected chi connectivity index (χ0v) is 45.3. The van der Waals surface area contributed by atoms with Crippen LogP contribution in [0.4, 0.5) is 0 Å². The lowest BCUT2D eigenvalue weighted by Gasteiger charge is -2.18. The first-order valence-corrected chi connectivity index (χ1v) is 29.7. The molecule has 66 heavy (non-hydrogen) atoms. The Morgan fingerprint density at radius 3 is 0.742 bits per heavy atom. The summed E-state index contributed by atoms with van der Waals surface area (Å²) in [5.74, 6) is 0.828. The van der Waals surface area contributed by atoms with Gasteiger partial charge >= 0.3 is 17.9 Å². The van der Waals surface area contributed by atoms with Crippen LogP contribution in [0, 0.1) is 11.8 Å². The minimum atomic E-state index is -0.763. The van der Waals surface area contributed by atoms with Gasteiger partial charge in [-0.25, -0.2) is 0 Å². The van der Waals surface area contributed by atoms with Crippen LogP contribution in [0.2, 0.25) is 0 Å². The SMILES string of the molecule is CCCCCCCCCCCCCCCCCCCCC(=O)OC[C@@H](COC(=O)CCCCCCCCCCCCCCC(C)C)OC(=O)CCCCCCCCCCCCCCC(C)C. The molecule has 0 amide bonds. The summed E-state index contributed by atoms with van der Waals surface area (Å²) in [6.45, 7) is 11.4. The summed E-state index contributed by atoms with van der Waals surface area (Å²) in [7, 11) is 0. The van der Waals surface area contributed by atoms with Crippen LogP contribution in [-0.4, -0.2) is 37.2 Å². The average Bonchev–Trinajstić information content (AvgIpc) is 3.29. The molecule has 0 bridgehead atoms. The van der Waals surface area contributed by atoms with Crippen molar-refractivity contribution in [1.82, 2.24) is 0 Å². The van der Waals surface area contributed by atoms with Gasteiger partial charge in [0, 0.05) is 19.3 Å². The molecule has 0 aliphatic heterocycles. The van der Waals surface area contributed by atoms with Crippen LogP contribution in [0.15, 0.2) is 0 Å². The van der Waals surface area contributed by atoms with E-state index in [-0.39, 0.29) is 31.1 Å². The van der Waals surface area contributed by atoms with E-state index in [0.29, 0.717) is 19.3 Å². The summed E-state index contributed by atoms with van der Waals surface area (Å²) in [6, 6.07) is 0. The number of hydrogen-bond acceptors (Lipinski definition) is 6. The van der Waals surface area contributed by atoms with Crippen LogP contribution >= 0.6 is 0 Å². The minimum Gasteiger partial charge on any atom is -0.462 e. The maximum atomic E-state index is 12.9. The predicted octanol–water partition coefficient (Wildman–Crippen LogP) is 19.7. The summed E-state index contributed by atoms with van der Waals surface area (Å²) < 4.78 is 16.9. The fourth-order valence-electron chi connectivity index (χ4n) is 9.23. The van der Waals surface area contributed by atoms with Crippen molar-refractivity contribution in [1.29, 1.82) is 0 Å². The van der Waals surface area contributed by atoms with Crippen molar-refractivity contribution in [2.45, 2.75) is 343 Å². The van der Waals surface area contributed by atoms with Gasteiger partial charge in [0.05, 0.1) is 0 Å². The summed E-state index contributed by atoms with van der Waals surface area (Å²) in [5, 5.41) is 0. The van der Waals surface area contributed by atoms with Gasteiger partial charge in [-0.15, -0.1) is 0 Å². The van der Waals surface area contributed by atoms with Gasteiger partial charge in [0.25, 0.3) is 0 Å². The van der Waals surface area contributed by atoms with Crippen LogP contribution in [0.25, 0.3) is 0 Å². The standard InChI is InChI=1S/C60H116O6/c1-6-7-8-9-10-11-12-13-14-15-16-17-18-25-30-35-40-45-50-58(61)64-53-57(66-60(63)52-47-42-37-32-27-22-20-24-29-34-39-44-49-56(4)5)54-65-59(62)51-46-41-36-31-26-21-19-23-28-33-38-43-48-55(2)3/h55-57H,6-54H2,1-5H3/t57-/m0/s1. The maximum absolute atomic E-state index is 12.9. The van der Waals surface area contributed by atoms with Crippen LogP contribution in [-0.2, 0) is 28.6 Å². The van der Waals surface area contributed by atoms with E-state index < -0.39 is 6.10 Å². The summed E-state index contributed by atoms with van der Waals surface area (Å²) in [4.78, 5) is 38.2. The summed E-state index contributed by atoms with van der Waals surface area (Å²) in [5.41, 5.74) is 0. The largest absolute Gasteiger partial charge is 0.462 e. The van der Waals surface area contributed by atoms with E-state index in [4.69, 9.17) is 14.2 Å². The Hall–Kier alpha value is -1.59. The predicted molar refractivity (Wildman–Crippen MR) is 284 cm³/mol. The molecule has 0 saturated heterocycles. The number of unbranched alkanes of at least 4 members (excludes halogenated alkanes) is 39. The first-order valence-electron chi connectivity index (χ1n) is 29.7. The molecule has 0 aliphatic rings. The van der Waals surface area contributed by atoms with Gasteiger partial charge in [-0.1, -0.05) is 298 Å². The normalized spacial score (nSPS) is 12.0. The highest BCUT2D eigenvalue weighted by molar-refractivity contribution is 5.71. The van der Waals surface area contributed by atoms with E-state index in [9.17, 15) is 14.4 Å². The molecule has 0 unspecified atom stereocenters. The van der Waals surface area contributed by atoms with E-state index in [2.05, 4.69) is 34.6 Å². The fourth-order valence-corrected chi connectivity index (χ4v) is 9.23. The van der Waals surface area contributed by atoms with Gasteiger partial charge in [0.15, 0.2) is 6.10 Å². The molecule has 0 rings (SSSR count). The molecule has 392 valence electrons. The number of esters is 3. The molecule has 0 saturated carbocycles. The number of rotatable bonds is 54. The minimum absolute atomic E-state index is 0.0625. The summed E-state index contributed by atoms with van der Waals surface area (Å²) >= 11 is 0. The number of hydrogen-bond donors (Lipinski definition) is 0. The molecular weight excluding hydrogens is 817 g/mol. The molecule has 0 radical (unpaired) electrons. The second kappa shape index (κ2) is 52.8. The lowest BCUT2D eigenvalue weighted by atomic mass is 10.0. The molecule has 1 atom stereocenters. The molecule has 0 aromatic carbocycles. The second-order valence-electron chi connectivity index (χ2n) is 21.6. The van der Waals surface area contributed by atoms with Gasteiger partial charge in [-0.05, 0) is 31.1 Å². The third-order valence-electron chi connectivity index (χ3n) is 13.7. The topological polar surface area (TPSA) is 78.9 Å². The number of ether oxygens (including phenoxy) is 3. The molecular formula is C60H116O6. The smallest absolute Gasteiger partial charge is 0.306 e. The molecule has 6 heteroatoms. The van der Waals surface area contributed by atoms with Crippen molar-refractivity contribution in [3.63, 3.8) is 0 Å². The van der Waals surface area contributed by atoms with Gasteiger partial charge in [-0.2, -0.15) is 0 Å². The van der Waals surface area contributed by atoms with E-state index in [1.54, 1.807) is 0 Å². The van der Waals surface area contributed by atoms with Crippen LogP contribution < -0.4 is 0 Å². The van der Waals surface area contributed by atoms with Gasteiger partial charge in [-0.3, -0.25) is 14.4 Å². The molecule has 0 fully saturated rings. The van der Waals surface area contributed by atoms with Crippen molar-refractivity contribution < 1.29 is 28.6 Å². The third kappa shape index (κ3) is 53.4. The van der Waals surface area contributed by atoms with E-state index >= 15 is 0 Å². The number of carbonyl (C=O) groups is 3. The highest BCUT2D eigenvalue weighted by Crippen LogP contribution is 2.18. The van der Waals surface area contributed by atoms with Crippen molar-refractivity contribution in [3.8, 4) is 0 Å². The monoisotopic (exact) mass is 933 g/mol. The molecule has 0 N–H and O–H groups in total. The summed E-state index contributed by atoms with van der Waals surface area (Å²) in [6.07, 6.45) is 56.7. The number of carbonyl (C=O) groups excluding carboxylic acids is 3. The maximum Gasteiger partial charge on any atom is 0.306 e. The van der Waals surface area contributed by atoms with E-state index in [0.717, 1.165) is 69.6 Å².